The molecule has 3 heterocycles. The fraction of sp³-hybridized carbons (Fsp3) is 0.167. The lowest BCUT2D eigenvalue weighted by Gasteiger charge is -2.27. The van der Waals surface area contributed by atoms with E-state index in [1.807, 2.05) is 0 Å². The van der Waals surface area contributed by atoms with Gasteiger partial charge >= 0.3 is 5.97 Å². The van der Waals surface area contributed by atoms with E-state index in [1.165, 1.54) is 23.1 Å². The number of tetrazole rings is 1. The quantitative estimate of drug-likeness (QED) is 0.515. The maximum absolute atomic E-state index is 13.3. The molecule has 4 rings (SSSR count). The van der Waals surface area contributed by atoms with E-state index in [1.54, 1.807) is 48.9 Å². The summed E-state index contributed by atoms with van der Waals surface area (Å²) in [5.41, 5.74) is 0.945. The Morgan fingerprint density at radius 3 is 2.61 bits per heavy atom. The second-order valence-electron chi connectivity index (χ2n) is 5.83. The molecule has 0 fully saturated rings. The van der Waals surface area contributed by atoms with Crippen LogP contribution in [-0.4, -0.2) is 46.2 Å². The maximum atomic E-state index is 13.3. The normalized spacial score (nSPS) is 15.6. The van der Waals surface area contributed by atoms with Crippen molar-refractivity contribution in [3.05, 3.63) is 63.5 Å². The molecule has 2 aromatic heterocycles. The fourth-order valence-electron chi connectivity index (χ4n) is 3.02. The molecule has 1 aliphatic heterocycles. The number of anilines is 1. The number of carbonyl (C=O) groups excluding carboxylic acids is 2. The monoisotopic (exact) mass is 397 g/mol. The first kappa shape index (κ1) is 17.9. The predicted molar refractivity (Wildman–Crippen MR) is 100 cm³/mol. The summed E-state index contributed by atoms with van der Waals surface area (Å²) >= 11 is 1.29. The van der Waals surface area contributed by atoms with Crippen molar-refractivity contribution < 1.29 is 19.1 Å². The van der Waals surface area contributed by atoms with Crippen molar-refractivity contribution in [2.75, 3.05) is 19.5 Å². The van der Waals surface area contributed by atoms with Crippen LogP contribution >= 0.6 is 11.3 Å². The van der Waals surface area contributed by atoms with Gasteiger partial charge in [-0.2, -0.15) is 4.68 Å². The zero-order valence-electron chi connectivity index (χ0n) is 14.9. The number of nitrogens with zero attached hydrogens (tertiary/aromatic N) is 4. The van der Waals surface area contributed by atoms with Gasteiger partial charge in [-0.25, -0.2) is 4.79 Å². The molecular weight excluding hydrogens is 382 g/mol. The molecule has 0 saturated carbocycles. The third-order valence-electron chi connectivity index (χ3n) is 4.33. The van der Waals surface area contributed by atoms with E-state index < -0.39 is 12.0 Å². The SMILES string of the molecule is COC(=O)C1=C(C(=O)c2cccs2)[C@H](c2ccc(OC)cc2)n2nnnc2N1. The van der Waals surface area contributed by atoms with Crippen molar-refractivity contribution in [3.63, 3.8) is 0 Å². The number of methoxy groups -OCH3 is 2. The summed E-state index contributed by atoms with van der Waals surface area (Å²) in [5, 5.41) is 16.2. The molecule has 1 aliphatic rings. The molecule has 0 unspecified atom stereocenters. The molecule has 142 valence electrons. The van der Waals surface area contributed by atoms with Gasteiger partial charge in [0, 0.05) is 0 Å². The van der Waals surface area contributed by atoms with Gasteiger partial charge in [0.15, 0.2) is 0 Å². The number of allylic oxidation sites excluding steroid dienone is 1. The Kier molecular flexibility index (Phi) is 4.62. The Balaban J connectivity index is 1.93. The highest BCUT2D eigenvalue weighted by atomic mass is 32.1. The summed E-state index contributed by atoms with van der Waals surface area (Å²) < 4.78 is 11.6. The second kappa shape index (κ2) is 7.24. The van der Waals surface area contributed by atoms with E-state index in [2.05, 4.69) is 20.8 Å². The number of carbonyl (C=O) groups is 2. The van der Waals surface area contributed by atoms with E-state index in [0.29, 0.717) is 10.6 Å². The van der Waals surface area contributed by atoms with Crippen LogP contribution in [0.15, 0.2) is 53.0 Å². The molecule has 1 N–H and O–H groups in total. The summed E-state index contributed by atoms with van der Waals surface area (Å²) in [6.45, 7) is 0. The highest BCUT2D eigenvalue weighted by Crippen LogP contribution is 2.37. The van der Waals surface area contributed by atoms with Crippen molar-refractivity contribution in [3.8, 4) is 5.75 Å². The Morgan fingerprint density at radius 2 is 1.96 bits per heavy atom. The molecule has 1 aromatic carbocycles. The van der Waals surface area contributed by atoms with E-state index in [-0.39, 0.29) is 23.0 Å². The summed E-state index contributed by atoms with van der Waals surface area (Å²) in [6, 6.07) is 9.92. The number of aromatic nitrogens is 4. The molecule has 10 heteroatoms. The van der Waals surface area contributed by atoms with E-state index >= 15 is 0 Å². The summed E-state index contributed by atoms with van der Waals surface area (Å²) in [5.74, 6) is -0.0700. The first-order valence-electron chi connectivity index (χ1n) is 8.23. The molecule has 0 spiro atoms. The third kappa shape index (κ3) is 2.93. The Bertz CT molecular complexity index is 1060. The number of hydrogen-bond acceptors (Lipinski definition) is 9. The van der Waals surface area contributed by atoms with Crippen LogP contribution in [0.4, 0.5) is 5.95 Å². The van der Waals surface area contributed by atoms with E-state index in [9.17, 15) is 9.59 Å². The van der Waals surface area contributed by atoms with E-state index in [4.69, 9.17) is 9.47 Å². The smallest absolute Gasteiger partial charge is 0.355 e. The van der Waals surface area contributed by atoms with Crippen LogP contribution in [0.2, 0.25) is 0 Å². The van der Waals surface area contributed by atoms with Gasteiger partial charge in [0.05, 0.1) is 24.7 Å². The van der Waals surface area contributed by atoms with E-state index in [0.717, 1.165) is 5.56 Å². The van der Waals surface area contributed by atoms with Crippen LogP contribution in [0.5, 0.6) is 5.75 Å². The molecule has 1 atom stereocenters. The molecular formula is C18H15N5O4S. The van der Waals surface area contributed by atoms with Crippen LogP contribution in [-0.2, 0) is 9.53 Å². The predicted octanol–water partition coefficient (Wildman–Crippen LogP) is 2.07. The van der Waals surface area contributed by atoms with Gasteiger partial charge in [0.25, 0.3) is 0 Å². The molecule has 0 bridgehead atoms. The minimum atomic E-state index is -0.708. The zero-order valence-corrected chi connectivity index (χ0v) is 15.8. The zero-order chi connectivity index (χ0) is 19.7. The minimum Gasteiger partial charge on any atom is -0.497 e. The number of ether oxygens (including phenoxy) is 2. The van der Waals surface area contributed by atoms with Crippen LogP contribution in [0.3, 0.4) is 0 Å². The number of benzene rings is 1. The average molecular weight is 397 g/mol. The van der Waals surface area contributed by atoms with Gasteiger partial charge in [-0.3, -0.25) is 4.79 Å². The standard InChI is InChI=1S/C18H15N5O4S/c1-26-11-7-5-10(6-8-11)15-13(16(24)12-4-3-9-28-12)14(17(25)27-2)19-18-20-21-22-23(15)18/h3-9,15H,1-2H3,(H,19,20,22)/t15-/m0/s1. The first-order valence-corrected chi connectivity index (χ1v) is 9.11. The summed E-state index contributed by atoms with van der Waals surface area (Å²) in [6.07, 6.45) is 0. The molecule has 9 nitrogen and oxygen atoms in total. The van der Waals surface area contributed by atoms with Gasteiger partial charge in [0.2, 0.25) is 11.7 Å². The van der Waals surface area contributed by atoms with Crippen molar-refractivity contribution in [1.82, 2.24) is 20.2 Å². The van der Waals surface area contributed by atoms with Gasteiger partial charge in [-0.1, -0.05) is 23.3 Å². The number of nitrogens with one attached hydrogen (secondary N) is 1. The Labute approximate surface area is 163 Å². The number of esters is 1. The van der Waals surface area contributed by atoms with Crippen LogP contribution in [0.25, 0.3) is 0 Å². The second-order valence-corrected chi connectivity index (χ2v) is 6.78. The number of rotatable bonds is 5. The molecule has 28 heavy (non-hydrogen) atoms. The molecule has 0 amide bonds. The average Bonchev–Trinajstić information content (AvgIpc) is 3.43. The van der Waals surface area contributed by atoms with Crippen LogP contribution in [0, 0.1) is 0 Å². The lowest BCUT2D eigenvalue weighted by Crippen LogP contribution is -2.32. The number of hydrogen-bond donors (Lipinski definition) is 1. The Morgan fingerprint density at radius 1 is 1.18 bits per heavy atom. The van der Waals surface area contributed by atoms with Crippen LogP contribution in [0.1, 0.15) is 21.3 Å². The van der Waals surface area contributed by atoms with Gasteiger partial charge in [0.1, 0.15) is 17.5 Å². The largest absolute Gasteiger partial charge is 0.497 e. The molecule has 0 aliphatic carbocycles. The highest BCUT2D eigenvalue weighted by Gasteiger charge is 2.38. The molecule has 0 saturated heterocycles. The van der Waals surface area contributed by atoms with Gasteiger partial charge in [-0.15, -0.1) is 11.3 Å². The van der Waals surface area contributed by atoms with Crippen molar-refractivity contribution in [1.29, 1.82) is 0 Å². The third-order valence-corrected chi connectivity index (χ3v) is 5.20. The maximum Gasteiger partial charge on any atom is 0.355 e. The lowest BCUT2D eigenvalue weighted by molar-refractivity contribution is -0.136. The highest BCUT2D eigenvalue weighted by molar-refractivity contribution is 7.12. The van der Waals surface area contributed by atoms with Crippen molar-refractivity contribution >= 4 is 29.0 Å². The topological polar surface area (TPSA) is 108 Å². The number of thiophene rings is 1. The minimum absolute atomic E-state index is 0.0176. The van der Waals surface area contributed by atoms with Gasteiger partial charge in [-0.05, 0) is 39.6 Å². The van der Waals surface area contributed by atoms with Crippen LogP contribution < -0.4 is 10.1 Å². The number of ketones is 1. The number of fused-ring (bicyclic) bond motifs is 1. The summed E-state index contributed by atoms with van der Waals surface area (Å²) in [7, 11) is 2.82. The first-order chi connectivity index (χ1) is 13.6. The van der Waals surface area contributed by atoms with Crippen molar-refractivity contribution in [2.24, 2.45) is 0 Å². The molecule has 3 aromatic rings. The summed E-state index contributed by atoms with van der Waals surface area (Å²) in [4.78, 5) is 26.3. The Hall–Kier alpha value is -3.53. The van der Waals surface area contributed by atoms with Crippen molar-refractivity contribution in [2.45, 2.75) is 6.04 Å². The fourth-order valence-corrected chi connectivity index (χ4v) is 3.70. The van der Waals surface area contributed by atoms with Gasteiger partial charge < -0.3 is 14.8 Å². The lowest BCUT2D eigenvalue weighted by atomic mass is 9.91. The molecule has 0 radical (unpaired) electrons. The number of Topliss-reactive ketones (excluding diaryl/α,β-unsaturated/α-hetero) is 1.